The van der Waals surface area contributed by atoms with Crippen LogP contribution < -0.4 is 0 Å². The second-order valence-electron chi connectivity index (χ2n) is 3.76. The number of hydrogen-bond acceptors (Lipinski definition) is 3. The third kappa shape index (κ3) is 11.2. The van der Waals surface area contributed by atoms with Gasteiger partial charge in [-0.2, -0.15) is 8.42 Å². The van der Waals surface area contributed by atoms with E-state index < -0.39 is 16.7 Å². The highest BCUT2D eigenvalue weighted by atomic mass is 32.2. The Labute approximate surface area is 89.1 Å². The van der Waals surface area contributed by atoms with Crippen LogP contribution in [0.25, 0.3) is 0 Å². The molecule has 0 unspecified atom stereocenters. The quantitative estimate of drug-likeness (QED) is 0.533. The van der Waals surface area contributed by atoms with Crippen molar-refractivity contribution in [3.05, 3.63) is 12.2 Å². The number of hydrogen-bond donors (Lipinski definition) is 0. The highest BCUT2D eigenvalue weighted by Gasteiger charge is 2.02. The lowest BCUT2D eigenvalue weighted by Crippen LogP contribution is -2.01. The molecule has 0 amide bonds. The highest BCUT2D eigenvalue weighted by Crippen LogP contribution is 2.09. The molecule has 0 rings (SSSR count). The lowest BCUT2D eigenvalue weighted by molar-refractivity contribution is 0.361. The second-order valence-corrected chi connectivity index (χ2v) is 5.33. The molecule has 0 aromatic heterocycles. The summed E-state index contributed by atoms with van der Waals surface area (Å²) in [6, 6.07) is 0. The lowest BCUT2D eigenvalue weighted by atomic mass is 9.98. The molecule has 0 N–H and O–H groups in total. The molecule has 4 heteroatoms. The number of rotatable bonds is 3. The molecule has 0 saturated carbocycles. The summed E-state index contributed by atoms with van der Waals surface area (Å²) >= 11 is 0. The summed E-state index contributed by atoms with van der Waals surface area (Å²) in [6.07, 6.45) is 3.00. The summed E-state index contributed by atoms with van der Waals surface area (Å²) in [4.78, 5) is 0. The van der Waals surface area contributed by atoms with E-state index in [2.05, 4.69) is 16.0 Å². The van der Waals surface area contributed by atoms with Crippen molar-refractivity contribution in [2.45, 2.75) is 20.8 Å². The predicted molar refractivity (Wildman–Crippen MR) is 57.2 cm³/mol. The number of allylic oxidation sites excluding steroid dienone is 1. The first-order valence-electron chi connectivity index (χ1n) is 5.02. The fraction of sp³-hybridized carbons (Fsp3) is 0.600. The standard InChI is InChI=1S/C10H16O3S/c1-10(2,3)8-6-5-7-9-13-14(4,11)12/h5,7H,9H2,1-4H3/b7-5+/i9D2. The van der Waals surface area contributed by atoms with Gasteiger partial charge >= 0.3 is 0 Å². The minimum Gasteiger partial charge on any atom is -0.266 e. The molecular formula is C10H16O3S. The molecule has 0 aliphatic heterocycles. The molecule has 0 fully saturated rings. The fourth-order valence-electron chi connectivity index (χ4n) is 0.449. The Kier molecular flexibility index (Phi) is 3.61. The minimum absolute atomic E-state index is 0.186. The van der Waals surface area contributed by atoms with Gasteiger partial charge in [0.2, 0.25) is 0 Å². The van der Waals surface area contributed by atoms with Crippen molar-refractivity contribution in [3.63, 3.8) is 0 Å². The normalized spacial score (nSPS) is 15.7. The Bertz CT molecular complexity index is 419. The van der Waals surface area contributed by atoms with Gasteiger partial charge in [0.25, 0.3) is 10.1 Å². The van der Waals surface area contributed by atoms with Crippen molar-refractivity contribution in [2.75, 3.05) is 12.8 Å². The summed E-state index contributed by atoms with van der Waals surface area (Å²) < 4.78 is 40.1. The molecule has 14 heavy (non-hydrogen) atoms. The molecule has 0 aromatic carbocycles. The zero-order valence-corrected chi connectivity index (χ0v) is 9.60. The molecule has 0 bridgehead atoms. The van der Waals surface area contributed by atoms with Crippen LogP contribution in [0.4, 0.5) is 0 Å². The van der Waals surface area contributed by atoms with Crippen molar-refractivity contribution >= 4 is 10.1 Å². The first-order chi connectivity index (χ1) is 6.91. The maximum absolute atomic E-state index is 10.7. The molecular weight excluding hydrogens is 200 g/mol. The zero-order valence-electron chi connectivity index (χ0n) is 10.8. The summed E-state index contributed by atoms with van der Waals surface area (Å²) in [6.45, 7) is 3.38. The summed E-state index contributed by atoms with van der Waals surface area (Å²) in [5.74, 6) is 5.47. The smallest absolute Gasteiger partial charge is 0.264 e. The molecule has 0 aliphatic carbocycles. The van der Waals surface area contributed by atoms with Crippen LogP contribution in [-0.4, -0.2) is 21.2 Å². The molecule has 0 saturated heterocycles. The van der Waals surface area contributed by atoms with Gasteiger partial charge in [-0.25, -0.2) is 0 Å². The first-order valence-corrected chi connectivity index (χ1v) is 5.84. The van der Waals surface area contributed by atoms with Crippen molar-refractivity contribution in [3.8, 4) is 11.8 Å². The molecule has 0 heterocycles. The summed E-state index contributed by atoms with van der Waals surface area (Å²) in [5, 5.41) is 0. The Morgan fingerprint density at radius 1 is 1.50 bits per heavy atom. The lowest BCUT2D eigenvalue weighted by Gasteiger charge is -2.05. The SMILES string of the molecule is [2H]C([2H])(/C=C/C#CC(C)(C)C)OS(C)(=O)=O. The van der Waals surface area contributed by atoms with E-state index in [0.29, 0.717) is 0 Å². The van der Waals surface area contributed by atoms with Crippen LogP contribution in [0.3, 0.4) is 0 Å². The average molecular weight is 218 g/mol. The zero-order chi connectivity index (χ0) is 13.0. The molecule has 0 spiro atoms. The maximum Gasteiger partial charge on any atom is 0.264 e. The van der Waals surface area contributed by atoms with E-state index in [1.165, 1.54) is 6.08 Å². The Morgan fingerprint density at radius 3 is 2.50 bits per heavy atom. The van der Waals surface area contributed by atoms with E-state index in [1.807, 2.05) is 20.8 Å². The monoisotopic (exact) mass is 218 g/mol. The third-order valence-electron chi connectivity index (χ3n) is 0.881. The van der Waals surface area contributed by atoms with Gasteiger partial charge in [0, 0.05) is 5.41 Å². The molecule has 3 nitrogen and oxygen atoms in total. The van der Waals surface area contributed by atoms with Crippen LogP contribution >= 0.6 is 0 Å². The van der Waals surface area contributed by atoms with Gasteiger partial charge in [0.05, 0.1) is 15.6 Å². The van der Waals surface area contributed by atoms with Crippen LogP contribution in [0.2, 0.25) is 0 Å². The van der Waals surface area contributed by atoms with E-state index in [4.69, 9.17) is 2.74 Å². The van der Waals surface area contributed by atoms with Crippen LogP contribution in [0.15, 0.2) is 12.2 Å². The van der Waals surface area contributed by atoms with Crippen LogP contribution in [0, 0.1) is 17.3 Å². The van der Waals surface area contributed by atoms with Crippen LogP contribution in [0.1, 0.15) is 23.5 Å². The maximum atomic E-state index is 10.7. The van der Waals surface area contributed by atoms with E-state index in [1.54, 1.807) is 0 Å². The second kappa shape index (κ2) is 5.18. The Balaban J connectivity index is 4.59. The molecule has 0 radical (unpaired) electrons. The summed E-state index contributed by atoms with van der Waals surface area (Å²) in [5.41, 5.74) is -0.186. The van der Waals surface area contributed by atoms with Crippen molar-refractivity contribution < 1.29 is 15.3 Å². The predicted octanol–water partition coefficient (Wildman–Crippen LogP) is 1.57. The van der Waals surface area contributed by atoms with E-state index in [0.717, 1.165) is 12.3 Å². The van der Waals surface area contributed by atoms with Gasteiger partial charge < -0.3 is 0 Å². The summed E-state index contributed by atoms with van der Waals surface area (Å²) in [7, 11) is -3.82. The van der Waals surface area contributed by atoms with Gasteiger partial charge in [-0.3, -0.25) is 4.18 Å². The van der Waals surface area contributed by atoms with Gasteiger partial charge in [0.1, 0.15) is 0 Å². The van der Waals surface area contributed by atoms with Gasteiger partial charge in [-0.05, 0) is 32.9 Å². The highest BCUT2D eigenvalue weighted by molar-refractivity contribution is 7.85. The van der Waals surface area contributed by atoms with Gasteiger partial charge in [0.15, 0.2) is 0 Å². The average Bonchev–Trinajstić information content (AvgIpc) is 1.91. The molecule has 0 aliphatic rings. The van der Waals surface area contributed by atoms with Crippen LogP contribution in [0.5, 0.6) is 0 Å². The fourth-order valence-corrected chi connectivity index (χ4v) is 0.679. The Morgan fingerprint density at radius 2 is 2.07 bits per heavy atom. The first kappa shape index (κ1) is 9.75. The van der Waals surface area contributed by atoms with Crippen LogP contribution in [-0.2, 0) is 14.3 Å². The van der Waals surface area contributed by atoms with Crippen molar-refractivity contribution in [2.24, 2.45) is 5.41 Å². The van der Waals surface area contributed by atoms with Crippen molar-refractivity contribution in [1.82, 2.24) is 0 Å². The molecule has 0 atom stereocenters. The van der Waals surface area contributed by atoms with E-state index in [9.17, 15) is 8.42 Å². The minimum atomic E-state index is -3.82. The van der Waals surface area contributed by atoms with E-state index >= 15 is 0 Å². The van der Waals surface area contributed by atoms with E-state index in [-0.39, 0.29) is 5.41 Å². The largest absolute Gasteiger partial charge is 0.266 e. The third-order valence-corrected chi connectivity index (χ3v) is 1.28. The van der Waals surface area contributed by atoms with Gasteiger partial charge in [-0.1, -0.05) is 11.8 Å². The molecule has 80 valence electrons. The van der Waals surface area contributed by atoms with Gasteiger partial charge in [-0.15, -0.1) is 0 Å². The topological polar surface area (TPSA) is 43.4 Å². The van der Waals surface area contributed by atoms with Crippen molar-refractivity contribution in [1.29, 1.82) is 0 Å². The molecule has 0 aromatic rings. The Hall–Kier alpha value is -0.790.